The summed E-state index contributed by atoms with van der Waals surface area (Å²) in [7, 11) is 0. The molecule has 0 fully saturated rings. The van der Waals surface area contributed by atoms with Crippen LogP contribution in [-0.2, 0) is 16.0 Å². The van der Waals surface area contributed by atoms with Crippen LogP contribution < -0.4 is 5.32 Å². The first-order valence-corrected chi connectivity index (χ1v) is 4.57. The standard InChI is InChI=1S/C9H13N3O3/c1-6-7(4-11-12-6)2-3-8(13)10-5-9(14)15/h4H,2-3,5H2,1H3,(H,10,13)(H,11,12)(H,14,15). The van der Waals surface area contributed by atoms with E-state index in [0.717, 1.165) is 11.3 Å². The van der Waals surface area contributed by atoms with Crippen LogP contribution in [0.3, 0.4) is 0 Å². The molecule has 0 saturated heterocycles. The number of hydrogen-bond acceptors (Lipinski definition) is 3. The monoisotopic (exact) mass is 211 g/mol. The highest BCUT2D eigenvalue weighted by Crippen LogP contribution is 2.05. The van der Waals surface area contributed by atoms with Gasteiger partial charge >= 0.3 is 5.97 Å². The maximum Gasteiger partial charge on any atom is 0.322 e. The zero-order valence-corrected chi connectivity index (χ0v) is 8.41. The molecule has 0 aliphatic carbocycles. The summed E-state index contributed by atoms with van der Waals surface area (Å²) in [6.45, 7) is 1.54. The Bertz CT molecular complexity index is 359. The summed E-state index contributed by atoms with van der Waals surface area (Å²) in [5.41, 5.74) is 1.90. The van der Waals surface area contributed by atoms with E-state index in [1.807, 2.05) is 6.92 Å². The molecule has 1 heterocycles. The molecule has 0 atom stereocenters. The second-order valence-electron chi connectivity index (χ2n) is 3.19. The second-order valence-corrected chi connectivity index (χ2v) is 3.19. The molecule has 6 nitrogen and oxygen atoms in total. The topological polar surface area (TPSA) is 95.1 Å². The zero-order chi connectivity index (χ0) is 11.3. The number of carboxylic acids is 1. The Labute approximate surface area is 86.7 Å². The van der Waals surface area contributed by atoms with Crippen molar-refractivity contribution in [3.63, 3.8) is 0 Å². The van der Waals surface area contributed by atoms with Gasteiger partial charge in [-0.1, -0.05) is 0 Å². The summed E-state index contributed by atoms with van der Waals surface area (Å²) in [6.07, 6.45) is 2.50. The molecule has 0 saturated carbocycles. The lowest BCUT2D eigenvalue weighted by Crippen LogP contribution is -2.29. The van der Waals surface area contributed by atoms with Gasteiger partial charge in [0.05, 0.1) is 6.20 Å². The van der Waals surface area contributed by atoms with Gasteiger partial charge in [0.2, 0.25) is 5.91 Å². The number of amides is 1. The quantitative estimate of drug-likeness (QED) is 0.631. The normalized spacial score (nSPS) is 9.93. The minimum Gasteiger partial charge on any atom is -0.480 e. The Balaban J connectivity index is 2.28. The molecule has 0 aliphatic rings. The van der Waals surface area contributed by atoms with Crippen LogP contribution in [-0.4, -0.2) is 33.7 Å². The molecule has 15 heavy (non-hydrogen) atoms. The van der Waals surface area contributed by atoms with Crippen molar-refractivity contribution in [2.24, 2.45) is 0 Å². The number of carbonyl (C=O) groups excluding carboxylic acids is 1. The molecule has 0 aliphatic heterocycles. The molecule has 0 radical (unpaired) electrons. The number of aliphatic carboxylic acids is 1. The molecule has 1 amide bonds. The van der Waals surface area contributed by atoms with Crippen LogP contribution in [0.25, 0.3) is 0 Å². The lowest BCUT2D eigenvalue weighted by Gasteiger charge is -2.01. The van der Waals surface area contributed by atoms with Crippen molar-refractivity contribution in [2.45, 2.75) is 19.8 Å². The number of aromatic nitrogens is 2. The fourth-order valence-corrected chi connectivity index (χ4v) is 1.14. The van der Waals surface area contributed by atoms with Gasteiger partial charge in [0.25, 0.3) is 0 Å². The number of rotatable bonds is 5. The Morgan fingerprint density at radius 2 is 2.33 bits per heavy atom. The molecule has 0 spiro atoms. The third kappa shape index (κ3) is 3.80. The largest absolute Gasteiger partial charge is 0.480 e. The van der Waals surface area contributed by atoms with Crippen LogP contribution >= 0.6 is 0 Å². The summed E-state index contributed by atoms with van der Waals surface area (Å²) in [5.74, 6) is -1.30. The molecular weight excluding hydrogens is 198 g/mol. The molecular formula is C9H13N3O3. The van der Waals surface area contributed by atoms with Crippen LogP contribution in [0.1, 0.15) is 17.7 Å². The third-order valence-electron chi connectivity index (χ3n) is 1.99. The van der Waals surface area contributed by atoms with Crippen LogP contribution in [0, 0.1) is 6.92 Å². The minimum atomic E-state index is -1.04. The van der Waals surface area contributed by atoms with Crippen LogP contribution in [0.5, 0.6) is 0 Å². The fourth-order valence-electron chi connectivity index (χ4n) is 1.14. The molecule has 0 bridgehead atoms. The highest BCUT2D eigenvalue weighted by atomic mass is 16.4. The smallest absolute Gasteiger partial charge is 0.322 e. The number of carboxylic acid groups (broad SMARTS) is 1. The Morgan fingerprint density at radius 1 is 1.60 bits per heavy atom. The molecule has 6 heteroatoms. The molecule has 1 aromatic rings. The number of aromatic amines is 1. The van der Waals surface area contributed by atoms with Gasteiger partial charge in [0, 0.05) is 12.1 Å². The van der Waals surface area contributed by atoms with Gasteiger partial charge in [0.15, 0.2) is 0 Å². The first-order valence-electron chi connectivity index (χ1n) is 4.57. The second kappa shape index (κ2) is 5.14. The number of aryl methyl sites for hydroxylation is 2. The van der Waals surface area contributed by atoms with Gasteiger partial charge in [-0.15, -0.1) is 0 Å². The van der Waals surface area contributed by atoms with E-state index in [4.69, 9.17) is 5.11 Å². The SMILES string of the molecule is Cc1[nH]ncc1CCC(=O)NCC(=O)O. The number of carbonyl (C=O) groups is 2. The molecule has 1 rings (SSSR count). The average Bonchev–Trinajstić information content (AvgIpc) is 2.58. The van der Waals surface area contributed by atoms with Gasteiger partial charge in [-0.05, 0) is 18.9 Å². The van der Waals surface area contributed by atoms with Crippen molar-refractivity contribution in [2.75, 3.05) is 6.54 Å². The van der Waals surface area contributed by atoms with Gasteiger partial charge in [-0.3, -0.25) is 14.7 Å². The first kappa shape index (κ1) is 11.2. The van der Waals surface area contributed by atoms with Crippen molar-refractivity contribution in [1.29, 1.82) is 0 Å². The van der Waals surface area contributed by atoms with E-state index in [9.17, 15) is 9.59 Å². The fraction of sp³-hybridized carbons (Fsp3) is 0.444. The van der Waals surface area contributed by atoms with E-state index in [1.165, 1.54) is 0 Å². The zero-order valence-electron chi connectivity index (χ0n) is 8.41. The number of H-pyrrole nitrogens is 1. The number of nitrogens with one attached hydrogen (secondary N) is 2. The van der Waals surface area contributed by atoms with Crippen LogP contribution in [0.4, 0.5) is 0 Å². The van der Waals surface area contributed by atoms with Crippen molar-refractivity contribution in [1.82, 2.24) is 15.5 Å². The van der Waals surface area contributed by atoms with E-state index in [2.05, 4.69) is 15.5 Å². The minimum absolute atomic E-state index is 0.266. The van der Waals surface area contributed by atoms with Crippen molar-refractivity contribution >= 4 is 11.9 Å². The summed E-state index contributed by atoms with van der Waals surface area (Å²) in [6, 6.07) is 0. The van der Waals surface area contributed by atoms with Gasteiger partial charge in [0.1, 0.15) is 6.54 Å². The highest BCUT2D eigenvalue weighted by molar-refractivity contribution is 5.81. The van der Waals surface area contributed by atoms with E-state index >= 15 is 0 Å². The maximum atomic E-state index is 11.1. The first-order chi connectivity index (χ1) is 7.09. The average molecular weight is 211 g/mol. The van der Waals surface area contributed by atoms with Crippen LogP contribution in [0.2, 0.25) is 0 Å². The van der Waals surface area contributed by atoms with Crippen LogP contribution in [0.15, 0.2) is 6.20 Å². The van der Waals surface area contributed by atoms with Gasteiger partial charge < -0.3 is 10.4 Å². The van der Waals surface area contributed by atoms with Crippen molar-refractivity contribution in [3.8, 4) is 0 Å². The van der Waals surface area contributed by atoms with Crippen molar-refractivity contribution in [3.05, 3.63) is 17.5 Å². The van der Waals surface area contributed by atoms with E-state index in [1.54, 1.807) is 6.20 Å². The van der Waals surface area contributed by atoms with E-state index in [-0.39, 0.29) is 18.9 Å². The van der Waals surface area contributed by atoms with E-state index < -0.39 is 5.97 Å². The summed E-state index contributed by atoms with van der Waals surface area (Å²) in [4.78, 5) is 21.3. The predicted molar refractivity (Wildman–Crippen MR) is 52.3 cm³/mol. The Kier molecular flexibility index (Phi) is 3.84. The highest BCUT2D eigenvalue weighted by Gasteiger charge is 2.06. The molecule has 0 aromatic carbocycles. The number of hydrogen-bond donors (Lipinski definition) is 3. The lowest BCUT2D eigenvalue weighted by atomic mass is 10.1. The maximum absolute atomic E-state index is 11.1. The van der Waals surface area contributed by atoms with Gasteiger partial charge in [-0.25, -0.2) is 0 Å². The van der Waals surface area contributed by atoms with E-state index in [0.29, 0.717) is 6.42 Å². The summed E-state index contributed by atoms with van der Waals surface area (Å²) < 4.78 is 0. The van der Waals surface area contributed by atoms with Crippen molar-refractivity contribution < 1.29 is 14.7 Å². The lowest BCUT2D eigenvalue weighted by molar-refractivity contribution is -0.137. The molecule has 82 valence electrons. The summed E-state index contributed by atoms with van der Waals surface area (Å²) in [5, 5.41) is 17.2. The molecule has 3 N–H and O–H groups in total. The molecule has 0 unspecified atom stereocenters. The third-order valence-corrected chi connectivity index (χ3v) is 1.99. The van der Waals surface area contributed by atoms with Gasteiger partial charge in [-0.2, -0.15) is 5.10 Å². The molecule has 1 aromatic heterocycles. The number of nitrogens with zero attached hydrogens (tertiary/aromatic N) is 1. The predicted octanol–water partition coefficient (Wildman–Crippen LogP) is -0.148. The summed E-state index contributed by atoms with van der Waals surface area (Å²) >= 11 is 0. The Morgan fingerprint density at radius 3 is 2.87 bits per heavy atom. The Hall–Kier alpha value is -1.85.